The molecule has 0 radical (unpaired) electrons. The molecule has 0 aliphatic carbocycles. The van der Waals surface area contributed by atoms with Gasteiger partial charge in [-0.05, 0) is 30.7 Å². The summed E-state index contributed by atoms with van der Waals surface area (Å²) in [5.74, 6) is 0.466. The monoisotopic (exact) mass is 356 g/mol. The Hall–Kier alpha value is -3.02. The van der Waals surface area contributed by atoms with Crippen LogP contribution in [0, 0.1) is 0 Å². The highest BCUT2D eigenvalue weighted by Gasteiger charge is 2.15. The van der Waals surface area contributed by atoms with Gasteiger partial charge in [-0.3, -0.25) is 9.59 Å². The number of unbranched alkanes of at least 4 members (excludes halogenated alkanes) is 1. The summed E-state index contributed by atoms with van der Waals surface area (Å²) < 4.78 is 10.4. The van der Waals surface area contributed by atoms with E-state index in [1.165, 1.54) is 14.2 Å². The van der Waals surface area contributed by atoms with Crippen molar-refractivity contribution >= 4 is 17.5 Å². The fourth-order valence-corrected chi connectivity index (χ4v) is 2.40. The number of nitrogens with one attached hydrogen (secondary N) is 2. The fraction of sp³-hybridized carbons (Fsp3) is 0.300. The Morgan fingerprint density at radius 2 is 1.62 bits per heavy atom. The van der Waals surface area contributed by atoms with Crippen LogP contribution in [0.3, 0.4) is 0 Å². The zero-order chi connectivity index (χ0) is 18.9. The lowest BCUT2D eigenvalue weighted by molar-refractivity contribution is 0.0954. The van der Waals surface area contributed by atoms with Gasteiger partial charge < -0.3 is 20.1 Å². The third-order valence-corrected chi connectivity index (χ3v) is 3.85. The van der Waals surface area contributed by atoms with E-state index in [1.807, 2.05) is 0 Å². The van der Waals surface area contributed by atoms with Crippen LogP contribution in [0.2, 0.25) is 0 Å². The van der Waals surface area contributed by atoms with Crippen molar-refractivity contribution in [1.29, 1.82) is 0 Å². The molecule has 0 atom stereocenters. The predicted molar refractivity (Wildman–Crippen MR) is 101 cm³/mol. The van der Waals surface area contributed by atoms with E-state index in [9.17, 15) is 9.59 Å². The van der Waals surface area contributed by atoms with Gasteiger partial charge in [0.25, 0.3) is 11.8 Å². The van der Waals surface area contributed by atoms with E-state index >= 15 is 0 Å². The quantitative estimate of drug-likeness (QED) is 0.710. The largest absolute Gasteiger partial charge is 0.497 e. The van der Waals surface area contributed by atoms with Crippen LogP contribution in [0.15, 0.2) is 42.5 Å². The number of carbonyl (C=O) groups is 2. The number of methoxy groups -OCH3 is 2. The molecule has 26 heavy (non-hydrogen) atoms. The second kappa shape index (κ2) is 9.46. The highest BCUT2D eigenvalue weighted by Crippen LogP contribution is 2.24. The summed E-state index contributed by atoms with van der Waals surface area (Å²) in [6.45, 7) is 2.66. The van der Waals surface area contributed by atoms with Crippen LogP contribution in [0.1, 0.15) is 40.5 Å². The van der Waals surface area contributed by atoms with Gasteiger partial charge in [0.05, 0.1) is 25.5 Å². The normalized spacial score (nSPS) is 10.1. The maximum Gasteiger partial charge on any atom is 0.255 e. The molecule has 0 aliphatic rings. The summed E-state index contributed by atoms with van der Waals surface area (Å²) in [6.07, 6.45) is 1.90. The molecule has 6 nitrogen and oxygen atoms in total. The lowest BCUT2D eigenvalue weighted by atomic mass is 10.1. The molecule has 2 aromatic carbocycles. The molecule has 0 unspecified atom stereocenters. The van der Waals surface area contributed by atoms with Crippen LogP contribution in [-0.2, 0) is 0 Å². The van der Waals surface area contributed by atoms with Crippen LogP contribution in [0.25, 0.3) is 0 Å². The molecule has 0 aromatic heterocycles. The smallest absolute Gasteiger partial charge is 0.255 e. The Kier molecular flexibility index (Phi) is 7.02. The third kappa shape index (κ3) is 4.99. The van der Waals surface area contributed by atoms with Crippen molar-refractivity contribution in [1.82, 2.24) is 5.32 Å². The van der Waals surface area contributed by atoms with E-state index in [2.05, 4.69) is 17.6 Å². The van der Waals surface area contributed by atoms with Crippen molar-refractivity contribution in [3.05, 3.63) is 53.6 Å². The number of ether oxygens (including phenoxy) is 2. The van der Waals surface area contributed by atoms with Gasteiger partial charge >= 0.3 is 0 Å². The minimum Gasteiger partial charge on any atom is -0.497 e. The molecule has 2 aromatic rings. The number of rotatable bonds is 8. The summed E-state index contributed by atoms with van der Waals surface area (Å²) in [4.78, 5) is 25.0. The van der Waals surface area contributed by atoms with Gasteiger partial charge in [0.15, 0.2) is 0 Å². The first-order chi connectivity index (χ1) is 12.6. The maximum atomic E-state index is 12.6. The Labute approximate surface area is 153 Å². The van der Waals surface area contributed by atoms with Gasteiger partial charge in [0.1, 0.15) is 11.5 Å². The van der Waals surface area contributed by atoms with Crippen LogP contribution in [0.4, 0.5) is 5.69 Å². The molecule has 2 amide bonds. The summed E-state index contributed by atoms with van der Waals surface area (Å²) in [7, 11) is 3.04. The predicted octanol–water partition coefficient (Wildman–Crippen LogP) is 3.49. The number of carbonyl (C=O) groups excluding carboxylic acids is 2. The molecule has 2 N–H and O–H groups in total. The molecule has 2 rings (SSSR count). The molecule has 0 saturated carbocycles. The Bertz CT molecular complexity index is 752. The highest BCUT2D eigenvalue weighted by atomic mass is 16.5. The molecular weight excluding hydrogens is 332 g/mol. The third-order valence-electron chi connectivity index (χ3n) is 3.85. The SMILES string of the molecule is CCCCNC(=O)c1ccccc1NC(=O)c1cc(OC)cc(OC)c1. The first-order valence-corrected chi connectivity index (χ1v) is 8.50. The highest BCUT2D eigenvalue weighted by molar-refractivity contribution is 6.09. The van der Waals surface area contributed by atoms with Gasteiger partial charge in [-0.15, -0.1) is 0 Å². The van der Waals surface area contributed by atoms with Crippen LogP contribution in [0.5, 0.6) is 11.5 Å². The Balaban J connectivity index is 2.20. The molecule has 138 valence electrons. The number of benzene rings is 2. The number of anilines is 1. The maximum absolute atomic E-state index is 12.6. The molecule has 0 saturated heterocycles. The van der Waals surface area contributed by atoms with Gasteiger partial charge in [0.2, 0.25) is 0 Å². The Morgan fingerprint density at radius 3 is 2.23 bits per heavy atom. The van der Waals surface area contributed by atoms with Crippen LogP contribution < -0.4 is 20.1 Å². The van der Waals surface area contributed by atoms with Crippen molar-refractivity contribution < 1.29 is 19.1 Å². The lowest BCUT2D eigenvalue weighted by Gasteiger charge is -2.12. The standard InChI is InChI=1S/C20H24N2O4/c1-4-5-10-21-20(24)17-8-6-7-9-18(17)22-19(23)14-11-15(25-2)13-16(12-14)26-3/h6-9,11-13H,4-5,10H2,1-3H3,(H,21,24)(H,22,23). The molecule has 0 spiro atoms. The average Bonchev–Trinajstić information content (AvgIpc) is 2.67. The van der Waals surface area contributed by atoms with Crippen molar-refractivity contribution in [2.45, 2.75) is 19.8 Å². The Morgan fingerprint density at radius 1 is 0.962 bits per heavy atom. The van der Waals surface area contributed by atoms with Gasteiger partial charge in [0, 0.05) is 18.2 Å². The van der Waals surface area contributed by atoms with Gasteiger partial charge in [-0.2, -0.15) is 0 Å². The first kappa shape index (κ1) is 19.3. The fourth-order valence-electron chi connectivity index (χ4n) is 2.40. The number of hydrogen-bond donors (Lipinski definition) is 2. The summed E-state index contributed by atoms with van der Waals surface area (Å²) >= 11 is 0. The summed E-state index contributed by atoms with van der Waals surface area (Å²) in [6, 6.07) is 11.8. The van der Waals surface area contributed by atoms with E-state index in [0.29, 0.717) is 34.9 Å². The number of amides is 2. The van der Waals surface area contributed by atoms with Gasteiger partial charge in [-0.1, -0.05) is 25.5 Å². The summed E-state index contributed by atoms with van der Waals surface area (Å²) in [5.41, 5.74) is 1.25. The second-order valence-electron chi connectivity index (χ2n) is 5.71. The molecule has 0 fully saturated rings. The minimum absolute atomic E-state index is 0.211. The zero-order valence-corrected chi connectivity index (χ0v) is 15.3. The molecule has 0 heterocycles. The van der Waals surface area contributed by atoms with Crippen molar-refractivity contribution in [3.63, 3.8) is 0 Å². The van der Waals surface area contributed by atoms with E-state index < -0.39 is 0 Å². The van der Waals surface area contributed by atoms with E-state index in [-0.39, 0.29) is 11.8 Å². The molecule has 0 aliphatic heterocycles. The topological polar surface area (TPSA) is 76.7 Å². The van der Waals surface area contributed by atoms with Crippen molar-refractivity contribution in [3.8, 4) is 11.5 Å². The zero-order valence-electron chi connectivity index (χ0n) is 15.3. The van der Waals surface area contributed by atoms with Crippen molar-refractivity contribution in [2.24, 2.45) is 0 Å². The summed E-state index contributed by atoms with van der Waals surface area (Å²) in [5, 5.41) is 5.65. The molecular formula is C20H24N2O4. The van der Waals surface area contributed by atoms with Crippen molar-refractivity contribution in [2.75, 3.05) is 26.1 Å². The molecule has 0 bridgehead atoms. The van der Waals surface area contributed by atoms with E-state index in [0.717, 1.165) is 12.8 Å². The first-order valence-electron chi connectivity index (χ1n) is 8.50. The van der Waals surface area contributed by atoms with Gasteiger partial charge in [-0.25, -0.2) is 0 Å². The minimum atomic E-state index is -0.351. The second-order valence-corrected chi connectivity index (χ2v) is 5.71. The molecule has 6 heteroatoms. The number of para-hydroxylation sites is 1. The lowest BCUT2D eigenvalue weighted by Crippen LogP contribution is -2.26. The van der Waals surface area contributed by atoms with Crippen LogP contribution >= 0.6 is 0 Å². The average molecular weight is 356 g/mol. The van der Waals surface area contributed by atoms with E-state index in [4.69, 9.17) is 9.47 Å². The van der Waals surface area contributed by atoms with E-state index in [1.54, 1.807) is 42.5 Å². The van der Waals surface area contributed by atoms with Crippen LogP contribution in [-0.4, -0.2) is 32.6 Å². The number of hydrogen-bond acceptors (Lipinski definition) is 4.